The predicted octanol–water partition coefficient (Wildman–Crippen LogP) is 4.52. The quantitative estimate of drug-likeness (QED) is 0.361. The molecule has 4 heterocycles. The van der Waals surface area contributed by atoms with Crippen molar-refractivity contribution in [3.8, 4) is 10.6 Å². The number of aryl methyl sites for hydroxylation is 1. The first-order valence-corrected chi connectivity index (χ1v) is 13.5. The molecule has 1 aromatic carbocycles. The van der Waals surface area contributed by atoms with Crippen LogP contribution < -0.4 is 10.2 Å². The second-order valence-electron chi connectivity index (χ2n) is 7.66. The number of hydrogen-bond acceptors (Lipinski definition) is 10. The van der Waals surface area contributed by atoms with Crippen LogP contribution in [-0.2, 0) is 15.8 Å². The number of nitrogens with one attached hydrogen (secondary N) is 1. The van der Waals surface area contributed by atoms with Gasteiger partial charge in [0, 0.05) is 35.5 Å². The number of benzene rings is 1. The molecule has 3 aromatic heterocycles. The van der Waals surface area contributed by atoms with Gasteiger partial charge in [-0.25, -0.2) is 15.0 Å². The van der Waals surface area contributed by atoms with Crippen molar-refractivity contribution in [3.05, 3.63) is 69.6 Å². The Hall–Kier alpha value is -2.70. The largest absolute Gasteiger partial charge is 0.772 e. The van der Waals surface area contributed by atoms with Crippen LogP contribution in [-0.4, -0.2) is 50.0 Å². The van der Waals surface area contributed by atoms with Crippen LogP contribution in [0.15, 0.2) is 54.0 Å². The molecule has 1 fully saturated rings. The van der Waals surface area contributed by atoms with Gasteiger partial charge in [0.05, 0.1) is 29.5 Å². The zero-order valence-corrected chi connectivity index (χ0v) is 20.8. The molecule has 11 heteroatoms. The van der Waals surface area contributed by atoms with Gasteiger partial charge in [-0.2, -0.15) is 0 Å². The fourth-order valence-electron chi connectivity index (χ4n) is 3.76. The number of aromatic nitrogens is 3. The van der Waals surface area contributed by atoms with E-state index in [4.69, 9.17) is 4.74 Å². The minimum atomic E-state index is -2.32. The zero-order valence-electron chi connectivity index (χ0n) is 18.3. The van der Waals surface area contributed by atoms with Crippen molar-refractivity contribution < 1.29 is 13.5 Å². The van der Waals surface area contributed by atoms with Crippen LogP contribution >= 0.6 is 22.7 Å². The highest BCUT2D eigenvalue weighted by Gasteiger charge is 2.23. The van der Waals surface area contributed by atoms with Crippen LogP contribution in [0.25, 0.3) is 10.6 Å². The number of anilines is 3. The molecule has 1 aliphatic rings. The van der Waals surface area contributed by atoms with E-state index in [1.165, 1.54) is 22.7 Å². The van der Waals surface area contributed by atoms with Gasteiger partial charge in [0.25, 0.3) is 0 Å². The third-order valence-electron chi connectivity index (χ3n) is 5.42. The lowest BCUT2D eigenvalue weighted by atomic mass is 10.2. The van der Waals surface area contributed by atoms with E-state index in [1.807, 2.05) is 42.6 Å². The first-order valence-electron chi connectivity index (χ1n) is 10.7. The van der Waals surface area contributed by atoms with Gasteiger partial charge in [-0.15, -0.1) is 22.7 Å². The van der Waals surface area contributed by atoms with E-state index in [0.29, 0.717) is 16.6 Å². The van der Waals surface area contributed by atoms with Crippen molar-refractivity contribution >= 4 is 51.1 Å². The van der Waals surface area contributed by atoms with Gasteiger partial charge < -0.3 is 19.5 Å². The van der Waals surface area contributed by atoms with Crippen LogP contribution in [0.2, 0.25) is 0 Å². The second-order valence-corrected chi connectivity index (χ2v) is 10.7. The highest BCUT2D eigenvalue weighted by Crippen LogP contribution is 2.38. The molecule has 0 saturated carbocycles. The van der Waals surface area contributed by atoms with E-state index < -0.39 is 16.3 Å². The Morgan fingerprint density at radius 3 is 2.65 bits per heavy atom. The minimum absolute atomic E-state index is 0.466. The molecule has 2 unspecified atom stereocenters. The lowest BCUT2D eigenvalue weighted by molar-refractivity contribution is 0.122. The predicted molar refractivity (Wildman–Crippen MR) is 136 cm³/mol. The van der Waals surface area contributed by atoms with Gasteiger partial charge in [0.1, 0.15) is 10.3 Å². The Kier molecular flexibility index (Phi) is 6.97. The first-order chi connectivity index (χ1) is 16.6. The molecule has 0 spiro atoms. The molecule has 1 N–H and O–H groups in total. The molecule has 0 amide bonds. The Morgan fingerprint density at radius 2 is 1.94 bits per heavy atom. The van der Waals surface area contributed by atoms with Crippen LogP contribution in [0.4, 0.5) is 17.3 Å². The van der Waals surface area contributed by atoms with Gasteiger partial charge >= 0.3 is 0 Å². The average Bonchev–Trinajstić information content (AvgIpc) is 3.51. The van der Waals surface area contributed by atoms with Crippen molar-refractivity contribution in [3.63, 3.8) is 0 Å². The highest BCUT2D eigenvalue weighted by atomic mass is 32.2. The fourth-order valence-corrected chi connectivity index (χ4v) is 6.84. The van der Waals surface area contributed by atoms with Gasteiger partial charge in [0.2, 0.25) is 5.95 Å². The summed E-state index contributed by atoms with van der Waals surface area (Å²) < 4.78 is 29.4. The third-order valence-corrected chi connectivity index (χ3v) is 8.76. The van der Waals surface area contributed by atoms with Gasteiger partial charge in [-0.3, -0.25) is 4.21 Å². The molecule has 1 saturated heterocycles. The number of nitrogens with zero attached hydrogens (tertiary/aromatic N) is 4. The summed E-state index contributed by atoms with van der Waals surface area (Å²) in [5.41, 5.74) is 3.49. The fraction of sp³-hybridized carbons (Fsp3) is 0.261. The van der Waals surface area contributed by atoms with Gasteiger partial charge in [-0.1, -0.05) is 6.07 Å². The van der Waals surface area contributed by atoms with Crippen molar-refractivity contribution in [2.45, 2.75) is 12.2 Å². The summed E-state index contributed by atoms with van der Waals surface area (Å²) in [5, 5.41) is 4.88. The molecule has 5 rings (SSSR count). The van der Waals surface area contributed by atoms with Crippen molar-refractivity contribution in [2.75, 3.05) is 36.5 Å². The molecular weight excluding hydrogens is 490 g/mol. The topological polar surface area (TPSA) is 103 Å². The maximum absolute atomic E-state index is 12.0. The normalized spacial score (nSPS) is 15.8. The second kappa shape index (κ2) is 10.3. The first kappa shape index (κ1) is 23.1. The maximum Gasteiger partial charge on any atom is 0.227 e. The number of rotatable bonds is 7. The van der Waals surface area contributed by atoms with E-state index in [-0.39, 0.29) is 0 Å². The molecule has 2 atom stereocenters. The van der Waals surface area contributed by atoms with E-state index in [1.54, 1.807) is 6.20 Å². The van der Waals surface area contributed by atoms with Crippen LogP contribution in [0.1, 0.15) is 20.8 Å². The molecule has 176 valence electrons. The number of ether oxygens (including phenoxy) is 1. The van der Waals surface area contributed by atoms with Crippen molar-refractivity contribution in [1.82, 2.24) is 15.0 Å². The zero-order chi connectivity index (χ0) is 23.5. The molecular formula is C23H22N5O3S3-. The summed E-state index contributed by atoms with van der Waals surface area (Å²) in [7, 11) is 0. The van der Waals surface area contributed by atoms with Gasteiger partial charge in [0.15, 0.2) is 0 Å². The average molecular weight is 513 g/mol. The molecule has 8 nitrogen and oxygen atoms in total. The monoisotopic (exact) mass is 512 g/mol. The summed E-state index contributed by atoms with van der Waals surface area (Å²) in [5.74, 6) is 0.466. The van der Waals surface area contributed by atoms with Crippen molar-refractivity contribution in [1.29, 1.82) is 0 Å². The van der Waals surface area contributed by atoms with E-state index in [2.05, 4.69) is 37.3 Å². The Bertz CT molecular complexity index is 1270. The number of thiophene rings is 1. The standard InChI is InChI=1S/C23H23N5O3S3/c1-15-20(33-22(25-15)21(34(29)30)19-3-2-14-32-19)18-8-9-24-23(27-18)26-16-4-6-17(7-5-16)28-10-12-31-13-11-28/h2-9,14,21H,10-13H2,1H3,(H,29,30)(H,24,26,27)/p-1. The molecule has 1 aliphatic heterocycles. The molecule has 0 bridgehead atoms. The lowest BCUT2D eigenvalue weighted by Gasteiger charge is -2.28. The summed E-state index contributed by atoms with van der Waals surface area (Å²) >= 11 is 0.439. The molecule has 34 heavy (non-hydrogen) atoms. The third kappa shape index (κ3) is 5.03. The van der Waals surface area contributed by atoms with E-state index in [9.17, 15) is 8.76 Å². The molecule has 0 aliphatic carbocycles. The molecule has 0 radical (unpaired) electrons. The minimum Gasteiger partial charge on any atom is -0.772 e. The smallest absolute Gasteiger partial charge is 0.227 e. The van der Waals surface area contributed by atoms with Crippen LogP contribution in [0.3, 0.4) is 0 Å². The van der Waals surface area contributed by atoms with E-state index in [0.717, 1.165) is 53.1 Å². The van der Waals surface area contributed by atoms with Crippen LogP contribution in [0.5, 0.6) is 0 Å². The summed E-state index contributed by atoms with van der Waals surface area (Å²) in [6.45, 7) is 5.15. The maximum atomic E-state index is 12.0. The van der Waals surface area contributed by atoms with E-state index >= 15 is 0 Å². The summed E-state index contributed by atoms with van der Waals surface area (Å²) in [4.78, 5) is 17.5. The summed E-state index contributed by atoms with van der Waals surface area (Å²) in [6, 6.07) is 13.6. The number of hydrogen-bond donors (Lipinski definition) is 1. The summed E-state index contributed by atoms with van der Waals surface area (Å²) in [6.07, 6.45) is 1.69. The Morgan fingerprint density at radius 1 is 1.15 bits per heavy atom. The SMILES string of the molecule is Cc1nc(C(c2cccs2)S(=O)[O-])sc1-c1ccnc(Nc2ccc(N3CCOCC3)cc2)n1. The Balaban J connectivity index is 1.36. The molecule has 4 aromatic rings. The number of morpholine rings is 1. The number of thiazole rings is 1. The Labute approximate surface area is 208 Å². The lowest BCUT2D eigenvalue weighted by Crippen LogP contribution is -2.36. The van der Waals surface area contributed by atoms with Gasteiger partial charge in [-0.05, 0) is 59.8 Å². The van der Waals surface area contributed by atoms with Crippen LogP contribution in [0, 0.1) is 6.92 Å². The van der Waals surface area contributed by atoms with Crippen molar-refractivity contribution in [2.24, 2.45) is 0 Å². The highest BCUT2D eigenvalue weighted by molar-refractivity contribution is 7.80.